The molecule has 4 nitrogen and oxygen atoms in total. The molecule has 0 fully saturated rings. The topological polar surface area (TPSA) is 48.2 Å². The molecule has 118 valence electrons. The number of hydrogen-bond acceptors (Lipinski definition) is 4. The normalized spacial score (nSPS) is 10.7. The third-order valence-corrected chi connectivity index (χ3v) is 3.75. The molecule has 3 aromatic rings. The lowest BCUT2D eigenvalue weighted by Crippen LogP contribution is -1.95. The van der Waals surface area contributed by atoms with Crippen molar-refractivity contribution in [3.63, 3.8) is 0 Å². The van der Waals surface area contributed by atoms with Gasteiger partial charge in [0, 0.05) is 22.6 Å². The largest absolute Gasteiger partial charge is 0.489 e. The molecule has 0 aliphatic rings. The molecule has 5 heteroatoms. The molecule has 2 aromatic carbocycles. The summed E-state index contributed by atoms with van der Waals surface area (Å²) in [6.07, 6.45) is 1.78. The molecule has 0 spiro atoms. The predicted octanol–water partition coefficient (Wildman–Crippen LogP) is 4.92. The number of ether oxygens (including phenoxy) is 1. The zero-order valence-electron chi connectivity index (χ0n) is 12.8. The van der Waals surface area contributed by atoms with E-state index in [4.69, 9.17) is 20.8 Å². The zero-order chi connectivity index (χ0) is 16.1. The second-order valence-corrected chi connectivity index (χ2v) is 5.56. The van der Waals surface area contributed by atoms with E-state index in [1.165, 1.54) is 0 Å². The van der Waals surface area contributed by atoms with Crippen molar-refractivity contribution >= 4 is 11.6 Å². The van der Waals surface area contributed by atoms with Crippen molar-refractivity contribution < 1.29 is 9.15 Å². The highest BCUT2D eigenvalue weighted by molar-refractivity contribution is 6.31. The lowest BCUT2D eigenvalue weighted by atomic mass is 10.2. The van der Waals surface area contributed by atoms with Gasteiger partial charge in [-0.3, -0.25) is 0 Å². The Balaban J connectivity index is 1.66. The van der Waals surface area contributed by atoms with Crippen LogP contribution in [0.15, 0.2) is 52.9 Å². The number of rotatable bonds is 6. The van der Waals surface area contributed by atoms with Gasteiger partial charge in [-0.25, -0.2) is 0 Å². The average Bonchev–Trinajstić information content (AvgIpc) is 3.04. The Kier molecular flexibility index (Phi) is 4.93. The van der Waals surface area contributed by atoms with Gasteiger partial charge in [-0.2, -0.15) is 0 Å². The van der Waals surface area contributed by atoms with Crippen LogP contribution in [0.5, 0.6) is 5.75 Å². The Hall–Kier alpha value is -2.33. The van der Waals surface area contributed by atoms with E-state index in [1.807, 2.05) is 48.5 Å². The molecule has 0 bridgehead atoms. The van der Waals surface area contributed by atoms with Gasteiger partial charge in [-0.15, -0.1) is 10.2 Å². The quantitative estimate of drug-likeness (QED) is 0.644. The number of aromatic nitrogens is 2. The first-order chi connectivity index (χ1) is 11.3. The molecule has 3 rings (SSSR count). The molecule has 0 unspecified atom stereocenters. The molecule has 1 heterocycles. The van der Waals surface area contributed by atoms with Crippen LogP contribution in [0, 0.1) is 0 Å². The summed E-state index contributed by atoms with van der Waals surface area (Å²) in [5.41, 5.74) is 1.84. The van der Waals surface area contributed by atoms with E-state index in [-0.39, 0.29) is 0 Å². The van der Waals surface area contributed by atoms with Crippen LogP contribution >= 0.6 is 11.6 Å². The third-order valence-electron chi connectivity index (χ3n) is 3.38. The average molecular weight is 329 g/mol. The highest BCUT2D eigenvalue weighted by Crippen LogP contribution is 2.23. The first-order valence-electron chi connectivity index (χ1n) is 7.55. The van der Waals surface area contributed by atoms with E-state index in [9.17, 15) is 0 Å². The maximum atomic E-state index is 6.12. The molecule has 0 radical (unpaired) electrons. The van der Waals surface area contributed by atoms with E-state index in [1.54, 1.807) is 0 Å². The Bertz CT molecular complexity index is 769. The lowest BCUT2D eigenvalue weighted by Gasteiger charge is -2.07. The van der Waals surface area contributed by atoms with Crippen LogP contribution < -0.4 is 4.74 Å². The number of benzene rings is 2. The van der Waals surface area contributed by atoms with E-state index in [0.29, 0.717) is 23.4 Å². The molecule has 0 aliphatic carbocycles. The van der Waals surface area contributed by atoms with Crippen LogP contribution in [0.25, 0.3) is 11.5 Å². The number of aryl methyl sites for hydroxylation is 1. The van der Waals surface area contributed by atoms with Crippen LogP contribution in [0.4, 0.5) is 0 Å². The van der Waals surface area contributed by atoms with Gasteiger partial charge in [-0.05, 0) is 36.8 Å². The van der Waals surface area contributed by atoms with Gasteiger partial charge in [0.15, 0.2) is 0 Å². The second-order valence-electron chi connectivity index (χ2n) is 5.16. The summed E-state index contributed by atoms with van der Waals surface area (Å²) in [7, 11) is 0. The molecule has 1 aromatic heterocycles. The van der Waals surface area contributed by atoms with Crippen molar-refractivity contribution in [3.05, 3.63) is 65.0 Å². The summed E-state index contributed by atoms with van der Waals surface area (Å²) in [6, 6.07) is 15.2. The Labute approximate surface area is 140 Å². The maximum absolute atomic E-state index is 6.12. The lowest BCUT2D eigenvalue weighted by molar-refractivity contribution is 0.306. The van der Waals surface area contributed by atoms with Crippen molar-refractivity contribution in [3.8, 4) is 17.2 Å². The molecular formula is C18H17ClN2O2. The smallest absolute Gasteiger partial charge is 0.247 e. The molecule has 0 saturated heterocycles. The summed E-state index contributed by atoms with van der Waals surface area (Å²) in [4.78, 5) is 0. The van der Waals surface area contributed by atoms with Crippen LogP contribution in [-0.4, -0.2) is 10.2 Å². The van der Waals surface area contributed by atoms with E-state index in [2.05, 4.69) is 17.1 Å². The molecule has 0 atom stereocenters. The van der Waals surface area contributed by atoms with Crippen LogP contribution in [0.2, 0.25) is 5.02 Å². The molecule has 0 aliphatic heterocycles. The molecule has 0 saturated carbocycles. The van der Waals surface area contributed by atoms with Crippen LogP contribution in [-0.2, 0) is 13.0 Å². The fourth-order valence-electron chi connectivity index (χ4n) is 2.16. The minimum Gasteiger partial charge on any atom is -0.489 e. The standard InChI is InChI=1S/C18H17ClN2O2/c1-2-5-17-20-21-18(23-17)13-8-10-15(11-9-13)22-12-14-6-3-4-7-16(14)19/h3-4,6-11H,2,5,12H2,1H3. The molecule has 0 amide bonds. The Morgan fingerprint density at radius 1 is 1.04 bits per heavy atom. The summed E-state index contributed by atoms with van der Waals surface area (Å²) in [5.74, 6) is 1.97. The zero-order valence-corrected chi connectivity index (χ0v) is 13.6. The summed E-state index contributed by atoms with van der Waals surface area (Å²) in [6.45, 7) is 2.51. The van der Waals surface area contributed by atoms with Gasteiger partial charge in [0.05, 0.1) is 0 Å². The first kappa shape index (κ1) is 15.6. The van der Waals surface area contributed by atoms with E-state index in [0.717, 1.165) is 29.7 Å². The Morgan fingerprint density at radius 3 is 2.57 bits per heavy atom. The van der Waals surface area contributed by atoms with E-state index < -0.39 is 0 Å². The van der Waals surface area contributed by atoms with Crippen molar-refractivity contribution in [1.29, 1.82) is 0 Å². The SMILES string of the molecule is CCCc1nnc(-c2ccc(OCc3ccccc3Cl)cc2)o1. The first-order valence-corrected chi connectivity index (χ1v) is 7.93. The highest BCUT2D eigenvalue weighted by atomic mass is 35.5. The van der Waals surface area contributed by atoms with Gasteiger partial charge in [0.2, 0.25) is 11.8 Å². The summed E-state index contributed by atoms with van der Waals surface area (Å²) in [5, 5.41) is 8.80. The van der Waals surface area contributed by atoms with Gasteiger partial charge in [0.25, 0.3) is 0 Å². The Morgan fingerprint density at radius 2 is 1.83 bits per heavy atom. The molecule has 0 N–H and O–H groups in total. The van der Waals surface area contributed by atoms with E-state index >= 15 is 0 Å². The minimum absolute atomic E-state index is 0.431. The van der Waals surface area contributed by atoms with Gasteiger partial charge in [-0.1, -0.05) is 36.7 Å². The minimum atomic E-state index is 0.431. The van der Waals surface area contributed by atoms with Crippen molar-refractivity contribution in [1.82, 2.24) is 10.2 Å². The monoisotopic (exact) mass is 328 g/mol. The molecule has 23 heavy (non-hydrogen) atoms. The highest BCUT2D eigenvalue weighted by Gasteiger charge is 2.08. The van der Waals surface area contributed by atoms with Gasteiger partial charge >= 0.3 is 0 Å². The number of hydrogen-bond donors (Lipinski definition) is 0. The maximum Gasteiger partial charge on any atom is 0.247 e. The van der Waals surface area contributed by atoms with Crippen molar-refractivity contribution in [2.75, 3.05) is 0 Å². The number of nitrogens with zero attached hydrogens (tertiary/aromatic N) is 2. The fourth-order valence-corrected chi connectivity index (χ4v) is 2.35. The van der Waals surface area contributed by atoms with Gasteiger partial charge < -0.3 is 9.15 Å². The summed E-state index contributed by atoms with van der Waals surface area (Å²) < 4.78 is 11.4. The number of halogens is 1. The fraction of sp³-hybridized carbons (Fsp3) is 0.222. The third kappa shape index (κ3) is 3.90. The summed E-state index contributed by atoms with van der Waals surface area (Å²) >= 11 is 6.12. The molecular weight excluding hydrogens is 312 g/mol. The second kappa shape index (κ2) is 7.29. The van der Waals surface area contributed by atoms with Crippen molar-refractivity contribution in [2.45, 2.75) is 26.4 Å². The van der Waals surface area contributed by atoms with Gasteiger partial charge in [0.1, 0.15) is 12.4 Å². The van der Waals surface area contributed by atoms with Crippen LogP contribution in [0.3, 0.4) is 0 Å². The van der Waals surface area contributed by atoms with Crippen molar-refractivity contribution in [2.24, 2.45) is 0 Å². The predicted molar refractivity (Wildman–Crippen MR) is 89.5 cm³/mol. The van der Waals surface area contributed by atoms with Crippen LogP contribution in [0.1, 0.15) is 24.8 Å².